The molecule has 0 unspecified atom stereocenters. The van der Waals surface area contributed by atoms with Crippen LogP contribution in [0.15, 0.2) is 17.1 Å². The van der Waals surface area contributed by atoms with E-state index in [1.807, 2.05) is 0 Å². The molecule has 0 aliphatic carbocycles. The molecule has 0 saturated heterocycles. The first-order valence-electron chi connectivity index (χ1n) is 3.41. The minimum absolute atomic E-state index is 0.319. The molecule has 0 spiro atoms. The summed E-state index contributed by atoms with van der Waals surface area (Å²) in [5, 5.41) is 6.35. The number of aromatic nitrogens is 5. The van der Waals surface area contributed by atoms with Gasteiger partial charge in [0, 0.05) is 0 Å². The summed E-state index contributed by atoms with van der Waals surface area (Å²) in [6.45, 7) is 0. The lowest BCUT2D eigenvalue weighted by atomic mass is 10.4. The van der Waals surface area contributed by atoms with Crippen molar-refractivity contribution in [1.29, 1.82) is 0 Å². The van der Waals surface area contributed by atoms with Crippen molar-refractivity contribution in [2.75, 3.05) is 5.73 Å². The molecule has 13 heavy (non-hydrogen) atoms. The molecule has 0 aliphatic rings. The fourth-order valence-corrected chi connectivity index (χ4v) is 1.15. The van der Waals surface area contributed by atoms with E-state index in [4.69, 9.17) is 5.73 Å². The van der Waals surface area contributed by atoms with Crippen molar-refractivity contribution in [3.05, 3.63) is 17.1 Å². The van der Waals surface area contributed by atoms with Gasteiger partial charge >= 0.3 is 0 Å². The first-order valence-corrected chi connectivity index (χ1v) is 4.20. The largest absolute Gasteiger partial charge is 0.382 e. The highest BCUT2D eigenvalue weighted by Crippen LogP contribution is 2.18. The van der Waals surface area contributed by atoms with Crippen LogP contribution in [0.25, 0.3) is 11.5 Å². The van der Waals surface area contributed by atoms with Crippen LogP contribution in [-0.4, -0.2) is 25.1 Å². The van der Waals surface area contributed by atoms with Crippen molar-refractivity contribution in [2.45, 2.75) is 0 Å². The number of rotatable bonds is 1. The van der Waals surface area contributed by atoms with Gasteiger partial charge in [-0.2, -0.15) is 5.10 Å². The molecule has 2 rings (SSSR count). The highest BCUT2D eigenvalue weighted by molar-refractivity contribution is 9.10. The molecule has 0 aromatic carbocycles. The molecule has 6 nitrogen and oxygen atoms in total. The molecule has 66 valence electrons. The maximum Gasteiger partial charge on any atom is 0.177 e. The number of H-pyrrole nitrogens is 1. The monoisotopic (exact) mass is 240 g/mol. The third-order valence-electron chi connectivity index (χ3n) is 1.41. The minimum atomic E-state index is 0.319. The highest BCUT2D eigenvalue weighted by atomic mass is 79.9. The van der Waals surface area contributed by atoms with Gasteiger partial charge in [-0.3, -0.25) is 5.10 Å². The fourth-order valence-electron chi connectivity index (χ4n) is 0.871. The van der Waals surface area contributed by atoms with E-state index >= 15 is 0 Å². The van der Waals surface area contributed by atoms with Crippen LogP contribution in [-0.2, 0) is 0 Å². The number of nitrogens with one attached hydrogen (secondary N) is 1. The number of nitrogens with two attached hydrogens (primary N) is 1. The summed E-state index contributed by atoms with van der Waals surface area (Å²) < 4.78 is 0.605. The van der Waals surface area contributed by atoms with Crippen LogP contribution < -0.4 is 5.73 Å². The lowest BCUT2D eigenvalue weighted by molar-refractivity contribution is 1.07. The summed E-state index contributed by atoms with van der Waals surface area (Å²) in [7, 11) is 0. The topological polar surface area (TPSA) is 93.4 Å². The van der Waals surface area contributed by atoms with Crippen LogP contribution in [0.5, 0.6) is 0 Å². The second-order valence-corrected chi connectivity index (χ2v) is 3.07. The van der Waals surface area contributed by atoms with Crippen molar-refractivity contribution in [3.63, 3.8) is 0 Å². The fraction of sp³-hybridized carbons (Fsp3) is 0. The van der Waals surface area contributed by atoms with Gasteiger partial charge in [0.15, 0.2) is 17.3 Å². The van der Waals surface area contributed by atoms with Gasteiger partial charge in [0.25, 0.3) is 0 Å². The minimum Gasteiger partial charge on any atom is -0.382 e. The Morgan fingerprint density at radius 2 is 2.23 bits per heavy atom. The van der Waals surface area contributed by atoms with E-state index in [-0.39, 0.29) is 0 Å². The molecule has 7 heteroatoms. The molecule has 0 amide bonds. The highest BCUT2D eigenvalue weighted by Gasteiger charge is 2.08. The normalized spacial score (nSPS) is 10.2. The molecule has 2 aromatic heterocycles. The van der Waals surface area contributed by atoms with Gasteiger partial charge < -0.3 is 5.73 Å². The number of nitrogen functional groups attached to an aromatic ring is 1. The van der Waals surface area contributed by atoms with Crippen molar-refractivity contribution in [2.24, 2.45) is 0 Å². The lowest BCUT2D eigenvalue weighted by Gasteiger charge is -1.99. The zero-order valence-electron chi connectivity index (χ0n) is 6.40. The van der Waals surface area contributed by atoms with E-state index in [1.54, 1.807) is 0 Å². The quantitative estimate of drug-likeness (QED) is 0.762. The number of hydrogen-bond donors (Lipinski definition) is 2. The zero-order chi connectivity index (χ0) is 9.26. The van der Waals surface area contributed by atoms with Crippen LogP contribution in [0.2, 0.25) is 0 Å². The van der Waals surface area contributed by atoms with Gasteiger partial charge in [-0.15, -0.1) is 0 Å². The molecule has 3 N–H and O–H groups in total. The third-order valence-corrected chi connectivity index (χ3v) is 1.79. The molecule has 2 aromatic rings. The third kappa shape index (κ3) is 1.50. The molecule has 0 bridgehead atoms. The molecule has 0 atom stereocenters. The maximum atomic E-state index is 5.60. The number of hydrogen-bond acceptors (Lipinski definition) is 5. The van der Waals surface area contributed by atoms with Crippen molar-refractivity contribution >= 4 is 21.7 Å². The summed E-state index contributed by atoms with van der Waals surface area (Å²) in [5.41, 5.74) is 6.09. The number of anilines is 1. The molecule has 0 aliphatic heterocycles. The van der Waals surface area contributed by atoms with Crippen LogP contribution in [0, 0.1) is 0 Å². The number of aromatic amines is 1. The standard InChI is InChI=1S/C6H5BrN6/c7-3-1-9-5(8)4(12-3)6-10-2-11-13-6/h1-2H,(H2,8,9)(H,10,11,13). The van der Waals surface area contributed by atoms with Gasteiger partial charge in [-0.25, -0.2) is 15.0 Å². The van der Waals surface area contributed by atoms with E-state index < -0.39 is 0 Å². The lowest BCUT2D eigenvalue weighted by Crippen LogP contribution is -1.98. The molecule has 0 fully saturated rings. The predicted molar refractivity (Wildman–Crippen MR) is 49.5 cm³/mol. The van der Waals surface area contributed by atoms with E-state index in [0.29, 0.717) is 21.9 Å². The average Bonchev–Trinajstić information content (AvgIpc) is 2.61. The van der Waals surface area contributed by atoms with Gasteiger partial charge in [0.1, 0.15) is 10.9 Å². The molecule has 0 saturated carbocycles. The number of nitrogens with zero attached hydrogens (tertiary/aromatic N) is 4. The second-order valence-electron chi connectivity index (χ2n) is 2.26. The maximum absolute atomic E-state index is 5.60. The zero-order valence-corrected chi connectivity index (χ0v) is 7.98. The smallest absolute Gasteiger partial charge is 0.177 e. The van der Waals surface area contributed by atoms with Gasteiger partial charge in [0.2, 0.25) is 0 Å². The Balaban J connectivity index is 2.57. The van der Waals surface area contributed by atoms with Crippen LogP contribution in [0.3, 0.4) is 0 Å². The first-order chi connectivity index (χ1) is 6.27. The second kappa shape index (κ2) is 3.09. The van der Waals surface area contributed by atoms with E-state index in [2.05, 4.69) is 41.1 Å². The molecule has 2 heterocycles. The van der Waals surface area contributed by atoms with Crippen LogP contribution >= 0.6 is 15.9 Å². The van der Waals surface area contributed by atoms with E-state index in [0.717, 1.165) is 0 Å². The Labute approximate surface area is 81.8 Å². The summed E-state index contributed by atoms with van der Waals surface area (Å²) in [5.74, 6) is 0.825. The van der Waals surface area contributed by atoms with Gasteiger partial charge in [-0.05, 0) is 15.9 Å². The summed E-state index contributed by atoms with van der Waals surface area (Å²) in [6.07, 6.45) is 2.91. The molecular weight excluding hydrogens is 236 g/mol. The SMILES string of the molecule is Nc1ncc(Br)nc1-c1ncn[nH]1. The van der Waals surface area contributed by atoms with Gasteiger partial charge in [0.05, 0.1) is 6.20 Å². The van der Waals surface area contributed by atoms with Crippen molar-refractivity contribution in [3.8, 4) is 11.5 Å². The summed E-state index contributed by atoms with van der Waals surface area (Å²) in [4.78, 5) is 11.9. The Hall–Kier alpha value is -1.50. The Bertz CT molecular complexity index is 411. The van der Waals surface area contributed by atoms with E-state index in [9.17, 15) is 0 Å². The summed E-state index contributed by atoms with van der Waals surface area (Å²) >= 11 is 3.19. The first kappa shape index (κ1) is 8.11. The van der Waals surface area contributed by atoms with Gasteiger partial charge in [-0.1, -0.05) is 0 Å². The van der Waals surface area contributed by atoms with Crippen LogP contribution in [0.1, 0.15) is 0 Å². The van der Waals surface area contributed by atoms with E-state index in [1.165, 1.54) is 12.5 Å². The number of halogens is 1. The van der Waals surface area contributed by atoms with Crippen molar-refractivity contribution in [1.82, 2.24) is 25.1 Å². The summed E-state index contributed by atoms with van der Waals surface area (Å²) in [6, 6.07) is 0. The van der Waals surface area contributed by atoms with Crippen molar-refractivity contribution < 1.29 is 0 Å². The van der Waals surface area contributed by atoms with Crippen LogP contribution in [0.4, 0.5) is 5.82 Å². The Kier molecular flexibility index (Phi) is 1.93. The Morgan fingerprint density at radius 1 is 1.38 bits per heavy atom. The predicted octanol–water partition coefficient (Wildman–Crippen LogP) is 0.606. The molecule has 0 radical (unpaired) electrons. The Morgan fingerprint density at radius 3 is 2.92 bits per heavy atom. The average molecular weight is 241 g/mol. The molecular formula is C6H5BrN6.